The summed E-state index contributed by atoms with van der Waals surface area (Å²) in [6.45, 7) is 4.54. The van der Waals surface area contributed by atoms with Crippen LogP contribution < -0.4 is 5.73 Å². The van der Waals surface area contributed by atoms with Crippen LogP contribution in [0.5, 0.6) is 0 Å². The van der Waals surface area contributed by atoms with E-state index in [0.717, 1.165) is 68.5 Å². The predicted molar refractivity (Wildman–Crippen MR) is 143 cm³/mol. The van der Waals surface area contributed by atoms with Crippen molar-refractivity contribution in [2.45, 2.75) is 37.8 Å². The second-order valence-corrected chi connectivity index (χ2v) is 10.4. The lowest BCUT2D eigenvalue weighted by atomic mass is 9.89. The van der Waals surface area contributed by atoms with Crippen LogP contribution in [0, 0.1) is 11.6 Å². The minimum Gasteiger partial charge on any atom is -0.383 e. The molecule has 0 bridgehead atoms. The molecule has 0 spiro atoms. The fraction of sp³-hybridized carbons (Fsp3) is 0.379. The van der Waals surface area contributed by atoms with E-state index in [9.17, 15) is 4.39 Å². The number of halogens is 2. The molecule has 1 aliphatic heterocycles. The minimum atomic E-state index is -0.480. The van der Waals surface area contributed by atoms with Crippen LogP contribution in [-0.2, 0) is 0 Å². The Morgan fingerprint density at radius 2 is 1.51 bits per heavy atom. The molecule has 192 valence electrons. The molecular formula is C29H32F2N6. The largest absolute Gasteiger partial charge is 0.383 e. The Labute approximate surface area is 215 Å². The first kappa shape index (κ1) is 24.0. The Balaban J connectivity index is 1.31. The molecule has 0 unspecified atom stereocenters. The molecule has 8 heteroatoms. The minimum absolute atomic E-state index is 0.233. The van der Waals surface area contributed by atoms with E-state index in [4.69, 9.17) is 5.73 Å². The van der Waals surface area contributed by atoms with Gasteiger partial charge in [0, 0.05) is 61.1 Å². The topological polar surface area (TPSA) is 63.2 Å². The number of anilines is 1. The fourth-order valence-electron chi connectivity index (χ4n) is 6.07. The SMILES string of the molecule is CN1CCN(C2CCC(n3cc(-c4ccc(-c5ccccc5F)c(F)c4)c4c(N)ncnc43)CC2)CC1. The van der Waals surface area contributed by atoms with Crippen molar-refractivity contribution in [2.24, 2.45) is 0 Å². The van der Waals surface area contributed by atoms with Gasteiger partial charge >= 0.3 is 0 Å². The van der Waals surface area contributed by atoms with Crippen LogP contribution in [0.3, 0.4) is 0 Å². The summed E-state index contributed by atoms with van der Waals surface area (Å²) < 4.78 is 31.8. The molecule has 2 aromatic carbocycles. The predicted octanol–water partition coefficient (Wildman–Crippen LogP) is 5.36. The number of aromatic nitrogens is 3. The van der Waals surface area contributed by atoms with Crippen LogP contribution in [0.25, 0.3) is 33.3 Å². The van der Waals surface area contributed by atoms with Crippen LogP contribution in [0.15, 0.2) is 55.0 Å². The van der Waals surface area contributed by atoms with Gasteiger partial charge in [-0.25, -0.2) is 18.7 Å². The highest BCUT2D eigenvalue weighted by molar-refractivity contribution is 6.00. The van der Waals surface area contributed by atoms with E-state index >= 15 is 4.39 Å². The van der Waals surface area contributed by atoms with Crippen molar-refractivity contribution in [3.8, 4) is 22.3 Å². The standard InChI is InChI=1S/C29H32F2N6/c1-35-12-14-36(15-13-35)20-7-9-21(10-8-20)37-17-24(27-28(32)33-18-34-29(27)37)19-6-11-23(26(31)16-19)22-4-2-3-5-25(22)30/h2-6,11,16-18,20-21H,7-10,12-15H2,1H3,(H2,32,33,34). The molecule has 2 aromatic heterocycles. The molecular weight excluding hydrogens is 470 g/mol. The van der Waals surface area contributed by atoms with Crippen molar-refractivity contribution >= 4 is 16.9 Å². The molecule has 1 saturated heterocycles. The number of rotatable bonds is 4. The van der Waals surface area contributed by atoms with Gasteiger partial charge in [-0.3, -0.25) is 4.90 Å². The normalized spacial score (nSPS) is 21.5. The lowest BCUT2D eigenvalue weighted by Gasteiger charge is -2.41. The molecule has 2 fully saturated rings. The van der Waals surface area contributed by atoms with Crippen molar-refractivity contribution < 1.29 is 8.78 Å². The van der Waals surface area contributed by atoms with E-state index < -0.39 is 11.6 Å². The van der Waals surface area contributed by atoms with Gasteiger partial charge in [-0.1, -0.05) is 30.3 Å². The van der Waals surface area contributed by atoms with Gasteiger partial charge in [0.05, 0.1) is 5.39 Å². The number of nitrogens with zero attached hydrogens (tertiary/aromatic N) is 5. The van der Waals surface area contributed by atoms with E-state index in [1.54, 1.807) is 24.3 Å². The molecule has 3 heterocycles. The quantitative estimate of drug-likeness (QED) is 0.407. The van der Waals surface area contributed by atoms with Gasteiger partial charge in [-0.2, -0.15) is 0 Å². The summed E-state index contributed by atoms with van der Waals surface area (Å²) in [6.07, 6.45) is 7.96. The highest BCUT2D eigenvalue weighted by Gasteiger charge is 2.30. The smallest absolute Gasteiger partial charge is 0.146 e. The third kappa shape index (κ3) is 4.49. The third-order valence-electron chi connectivity index (χ3n) is 8.20. The van der Waals surface area contributed by atoms with E-state index in [0.29, 0.717) is 23.5 Å². The average Bonchev–Trinajstić information content (AvgIpc) is 3.31. The second-order valence-electron chi connectivity index (χ2n) is 10.4. The first-order valence-electron chi connectivity index (χ1n) is 13.1. The zero-order valence-electron chi connectivity index (χ0n) is 21.1. The van der Waals surface area contributed by atoms with E-state index in [2.05, 4.69) is 31.4 Å². The summed E-state index contributed by atoms with van der Waals surface area (Å²) in [6, 6.07) is 12.1. The van der Waals surface area contributed by atoms with Gasteiger partial charge in [0.15, 0.2) is 0 Å². The van der Waals surface area contributed by atoms with Crippen molar-refractivity contribution in [2.75, 3.05) is 39.0 Å². The Hall–Kier alpha value is -3.36. The van der Waals surface area contributed by atoms with E-state index in [-0.39, 0.29) is 11.1 Å². The highest BCUT2D eigenvalue weighted by Crippen LogP contribution is 2.40. The first-order valence-corrected chi connectivity index (χ1v) is 13.1. The molecule has 1 saturated carbocycles. The number of benzene rings is 2. The van der Waals surface area contributed by atoms with Crippen LogP contribution >= 0.6 is 0 Å². The van der Waals surface area contributed by atoms with Gasteiger partial charge in [-0.15, -0.1) is 0 Å². The molecule has 2 N–H and O–H groups in total. The number of fused-ring (bicyclic) bond motifs is 1. The molecule has 0 radical (unpaired) electrons. The maximum absolute atomic E-state index is 15.3. The van der Waals surface area contributed by atoms with Crippen LogP contribution in [0.4, 0.5) is 14.6 Å². The third-order valence-corrected chi connectivity index (χ3v) is 8.20. The Morgan fingerprint density at radius 3 is 2.24 bits per heavy atom. The summed E-state index contributed by atoms with van der Waals surface area (Å²) in [5.74, 6) is -0.550. The van der Waals surface area contributed by atoms with Gasteiger partial charge in [0.25, 0.3) is 0 Å². The zero-order chi connectivity index (χ0) is 25.5. The highest BCUT2D eigenvalue weighted by atomic mass is 19.1. The number of piperazine rings is 1. The number of hydrogen-bond donors (Lipinski definition) is 1. The Bertz CT molecular complexity index is 1420. The van der Waals surface area contributed by atoms with Crippen LogP contribution in [-0.4, -0.2) is 63.6 Å². The van der Waals surface area contributed by atoms with Crippen LogP contribution in [0.2, 0.25) is 0 Å². The number of nitrogen functional groups attached to an aromatic ring is 1. The summed E-state index contributed by atoms with van der Waals surface area (Å²) in [5.41, 5.74) is 9.06. The summed E-state index contributed by atoms with van der Waals surface area (Å²) in [4.78, 5) is 13.9. The maximum atomic E-state index is 15.3. The van der Waals surface area contributed by atoms with Crippen molar-refractivity contribution in [1.82, 2.24) is 24.3 Å². The molecule has 0 atom stereocenters. The lowest BCUT2D eigenvalue weighted by molar-refractivity contribution is 0.0828. The molecule has 37 heavy (non-hydrogen) atoms. The van der Waals surface area contributed by atoms with Crippen molar-refractivity contribution in [3.63, 3.8) is 0 Å². The molecule has 1 aliphatic carbocycles. The van der Waals surface area contributed by atoms with Gasteiger partial charge in [-0.05, 0) is 50.4 Å². The van der Waals surface area contributed by atoms with Gasteiger partial charge in [0.2, 0.25) is 0 Å². The monoisotopic (exact) mass is 502 g/mol. The zero-order valence-corrected chi connectivity index (χ0v) is 21.1. The first-order chi connectivity index (χ1) is 18.0. The molecule has 4 aromatic rings. The van der Waals surface area contributed by atoms with Gasteiger partial charge in [0.1, 0.15) is 29.4 Å². The Morgan fingerprint density at radius 1 is 0.811 bits per heavy atom. The number of likely N-dealkylation sites (N-methyl/N-ethyl adjacent to an activating group) is 1. The molecule has 2 aliphatic rings. The average molecular weight is 503 g/mol. The summed E-state index contributed by atoms with van der Waals surface area (Å²) in [7, 11) is 2.19. The molecule has 6 rings (SSSR count). The summed E-state index contributed by atoms with van der Waals surface area (Å²) in [5, 5.41) is 0.738. The van der Waals surface area contributed by atoms with Crippen LogP contribution in [0.1, 0.15) is 31.7 Å². The second kappa shape index (κ2) is 9.84. The maximum Gasteiger partial charge on any atom is 0.146 e. The van der Waals surface area contributed by atoms with Crippen molar-refractivity contribution in [3.05, 3.63) is 66.6 Å². The molecule has 6 nitrogen and oxygen atoms in total. The van der Waals surface area contributed by atoms with E-state index in [1.807, 2.05) is 12.3 Å². The Kier molecular flexibility index (Phi) is 6.38. The summed E-state index contributed by atoms with van der Waals surface area (Å²) >= 11 is 0. The van der Waals surface area contributed by atoms with Crippen molar-refractivity contribution in [1.29, 1.82) is 0 Å². The fourth-order valence-corrected chi connectivity index (χ4v) is 6.07. The number of nitrogens with two attached hydrogens (primary N) is 1. The lowest BCUT2D eigenvalue weighted by Crippen LogP contribution is -2.49. The van der Waals surface area contributed by atoms with Gasteiger partial charge < -0.3 is 15.2 Å². The molecule has 0 amide bonds. The van der Waals surface area contributed by atoms with E-state index in [1.165, 1.54) is 18.5 Å². The number of hydrogen-bond acceptors (Lipinski definition) is 5.